The number of rotatable bonds is 5. The topological polar surface area (TPSA) is 46.3 Å². The fourth-order valence-electron chi connectivity index (χ4n) is 3.08. The van der Waals surface area contributed by atoms with Crippen molar-refractivity contribution in [3.8, 4) is 0 Å². The Morgan fingerprint density at radius 3 is 2.70 bits per heavy atom. The van der Waals surface area contributed by atoms with Gasteiger partial charge in [0.05, 0.1) is 12.1 Å². The SMILES string of the molecule is Cc1ccc(C(=O)N(Cc2ccc(C3CC3C)o2)C2CC2)cn1. The molecule has 0 saturated heterocycles. The van der Waals surface area contributed by atoms with Crippen LogP contribution in [0.5, 0.6) is 0 Å². The molecular weight excluding hydrogens is 288 g/mol. The number of aryl methyl sites for hydroxylation is 1. The zero-order chi connectivity index (χ0) is 16.0. The molecule has 4 nitrogen and oxygen atoms in total. The van der Waals surface area contributed by atoms with Crippen molar-refractivity contribution in [2.24, 2.45) is 5.92 Å². The molecule has 2 heterocycles. The van der Waals surface area contributed by atoms with Gasteiger partial charge in [0.2, 0.25) is 0 Å². The molecule has 2 aromatic heterocycles. The maximum Gasteiger partial charge on any atom is 0.256 e. The van der Waals surface area contributed by atoms with Gasteiger partial charge in [0, 0.05) is 23.9 Å². The van der Waals surface area contributed by atoms with Crippen molar-refractivity contribution < 1.29 is 9.21 Å². The molecule has 2 aliphatic carbocycles. The zero-order valence-electron chi connectivity index (χ0n) is 13.7. The molecule has 2 atom stereocenters. The molecule has 0 bridgehead atoms. The minimum Gasteiger partial charge on any atom is -0.464 e. The van der Waals surface area contributed by atoms with Crippen LogP contribution in [0.15, 0.2) is 34.9 Å². The molecule has 0 aromatic carbocycles. The van der Waals surface area contributed by atoms with Gasteiger partial charge < -0.3 is 9.32 Å². The monoisotopic (exact) mass is 310 g/mol. The Morgan fingerprint density at radius 2 is 2.09 bits per heavy atom. The number of aromatic nitrogens is 1. The van der Waals surface area contributed by atoms with Crippen molar-refractivity contribution in [1.82, 2.24) is 9.88 Å². The largest absolute Gasteiger partial charge is 0.464 e. The van der Waals surface area contributed by atoms with Crippen molar-refractivity contribution in [3.05, 3.63) is 53.2 Å². The van der Waals surface area contributed by atoms with Crippen molar-refractivity contribution in [2.75, 3.05) is 0 Å². The number of hydrogen-bond acceptors (Lipinski definition) is 3. The maximum absolute atomic E-state index is 12.8. The number of carbonyl (C=O) groups excluding carboxylic acids is 1. The molecule has 2 saturated carbocycles. The van der Waals surface area contributed by atoms with Crippen LogP contribution in [-0.2, 0) is 6.54 Å². The minimum absolute atomic E-state index is 0.0535. The van der Waals surface area contributed by atoms with Gasteiger partial charge in [0.15, 0.2) is 0 Å². The van der Waals surface area contributed by atoms with E-state index in [1.807, 2.05) is 30.0 Å². The first-order valence-electron chi connectivity index (χ1n) is 8.44. The third kappa shape index (κ3) is 3.03. The summed E-state index contributed by atoms with van der Waals surface area (Å²) in [5, 5.41) is 0. The Kier molecular flexibility index (Phi) is 3.47. The van der Waals surface area contributed by atoms with Gasteiger partial charge in [0.1, 0.15) is 11.5 Å². The lowest BCUT2D eigenvalue weighted by molar-refractivity contribution is 0.0716. The summed E-state index contributed by atoms with van der Waals surface area (Å²) in [4.78, 5) is 19.0. The number of hydrogen-bond donors (Lipinski definition) is 0. The van der Waals surface area contributed by atoms with Crippen molar-refractivity contribution in [2.45, 2.75) is 51.6 Å². The Hall–Kier alpha value is -2.10. The summed E-state index contributed by atoms with van der Waals surface area (Å²) in [5.74, 6) is 3.33. The van der Waals surface area contributed by atoms with E-state index in [0.29, 0.717) is 24.1 Å². The molecule has 2 aromatic rings. The number of amides is 1. The number of nitrogens with zero attached hydrogens (tertiary/aromatic N) is 2. The predicted molar refractivity (Wildman–Crippen MR) is 87.1 cm³/mol. The smallest absolute Gasteiger partial charge is 0.256 e. The average Bonchev–Trinajstić information content (AvgIpc) is 3.46. The van der Waals surface area contributed by atoms with Crippen LogP contribution in [0.1, 0.15) is 59.7 Å². The van der Waals surface area contributed by atoms with Gasteiger partial charge in [-0.25, -0.2) is 0 Å². The predicted octanol–water partition coefficient (Wildman–Crippen LogP) is 3.91. The van der Waals surface area contributed by atoms with Crippen molar-refractivity contribution in [1.29, 1.82) is 0 Å². The Bertz CT molecular complexity index is 715. The Morgan fingerprint density at radius 1 is 1.30 bits per heavy atom. The first-order chi connectivity index (χ1) is 11.1. The number of furan rings is 1. The highest BCUT2D eigenvalue weighted by atomic mass is 16.3. The lowest BCUT2D eigenvalue weighted by Crippen LogP contribution is -2.32. The summed E-state index contributed by atoms with van der Waals surface area (Å²) in [6, 6.07) is 8.19. The normalized spacial score (nSPS) is 22.9. The second-order valence-corrected chi connectivity index (χ2v) is 6.98. The molecule has 0 N–H and O–H groups in total. The van der Waals surface area contributed by atoms with E-state index in [2.05, 4.69) is 18.0 Å². The second-order valence-electron chi connectivity index (χ2n) is 6.98. The van der Waals surface area contributed by atoms with Gasteiger partial charge in [-0.05, 0) is 56.4 Å². The van der Waals surface area contributed by atoms with Crippen LogP contribution in [0.2, 0.25) is 0 Å². The van der Waals surface area contributed by atoms with E-state index in [-0.39, 0.29) is 5.91 Å². The summed E-state index contributed by atoms with van der Waals surface area (Å²) < 4.78 is 5.98. The summed E-state index contributed by atoms with van der Waals surface area (Å²) in [6.07, 6.45) is 5.05. The molecular formula is C19H22N2O2. The van der Waals surface area contributed by atoms with Crippen LogP contribution < -0.4 is 0 Å². The van der Waals surface area contributed by atoms with E-state index < -0.39 is 0 Å². The van der Waals surface area contributed by atoms with Gasteiger partial charge in [-0.1, -0.05) is 6.92 Å². The molecule has 120 valence electrons. The van der Waals surface area contributed by atoms with Crippen LogP contribution in [0.4, 0.5) is 0 Å². The summed E-state index contributed by atoms with van der Waals surface area (Å²) in [5.41, 5.74) is 1.58. The van der Waals surface area contributed by atoms with Gasteiger partial charge in [-0.15, -0.1) is 0 Å². The van der Waals surface area contributed by atoms with Crippen LogP contribution in [0.3, 0.4) is 0 Å². The van der Waals surface area contributed by atoms with E-state index in [1.165, 1.54) is 6.42 Å². The van der Waals surface area contributed by atoms with E-state index in [9.17, 15) is 4.79 Å². The first kappa shape index (κ1) is 14.5. The van der Waals surface area contributed by atoms with E-state index in [1.54, 1.807) is 6.20 Å². The molecule has 0 spiro atoms. The number of pyridine rings is 1. The highest BCUT2D eigenvalue weighted by molar-refractivity contribution is 5.94. The number of carbonyl (C=O) groups is 1. The Labute approximate surface area is 136 Å². The van der Waals surface area contributed by atoms with E-state index in [0.717, 1.165) is 36.0 Å². The highest BCUT2D eigenvalue weighted by Gasteiger charge is 2.37. The molecule has 1 amide bonds. The van der Waals surface area contributed by atoms with E-state index in [4.69, 9.17) is 4.42 Å². The quantitative estimate of drug-likeness (QED) is 0.841. The lowest BCUT2D eigenvalue weighted by Gasteiger charge is -2.21. The minimum atomic E-state index is 0.0535. The molecule has 2 fully saturated rings. The van der Waals surface area contributed by atoms with Crippen LogP contribution in [0, 0.1) is 12.8 Å². The summed E-state index contributed by atoms with van der Waals surface area (Å²) in [7, 11) is 0. The molecule has 4 rings (SSSR count). The molecule has 0 aliphatic heterocycles. The van der Waals surface area contributed by atoms with Crippen LogP contribution in [-0.4, -0.2) is 21.8 Å². The van der Waals surface area contributed by atoms with Gasteiger partial charge in [-0.2, -0.15) is 0 Å². The van der Waals surface area contributed by atoms with Gasteiger partial charge >= 0.3 is 0 Å². The second kappa shape index (κ2) is 5.52. The standard InChI is InChI=1S/C19H22N2O2/c1-12-9-17(12)18-8-7-16(23-18)11-21(15-5-6-15)19(22)14-4-3-13(2)20-10-14/h3-4,7-8,10,12,15,17H,5-6,9,11H2,1-2H3. The Balaban J connectivity index is 1.50. The maximum atomic E-state index is 12.8. The average molecular weight is 310 g/mol. The fourth-order valence-corrected chi connectivity index (χ4v) is 3.08. The first-order valence-corrected chi connectivity index (χ1v) is 8.44. The van der Waals surface area contributed by atoms with Gasteiger partial charge in [-0.3, -0.25) is 9.78 Å². The van der Waals surface area contributed by atoms with Crippen LogP contribution in [0.25, 0.3) is 0 Å². The van der Waals surface area contributed by atoms with Crippen molar-refractivity contribution >= 4 is 5.91 Å². The van der Waals surface area contributed by atoms with Crippen LogP contribution >= 0.6 is 0 Å². The molecule has 23 heavy (non-hydrogen) atoms. The fraction of sp³-hybridized carbons (Fsp3) is 0.474. The summed E-state index contributed by atoms with van der Waals surface area (Å²) >= 11 is 0. The summed E-state index contributed by atoms with van der Waals surface area (Å²) in [6.45, 7) is 4.73. The third-order valence-corrected chi connectivity index (χ3v) is 4.89. The molecule has 2 unspecified atom stereocenters. The lowest BCUT2D eigenvalue weighted by atomic mass is 10.2. The molecule has 4 heteroatoms. The molecule has 0 radical (unpaired) electrons. The molecule has 2 aliphatic rings. The third-order valence-electron chi connectivity index (χ3n) is 4.89. The zero-order valence-corrected chi connectivity index (χ0v) is 13.7. The highest BCUT2D eigenvalue weighted by Crippen LogP contribution is 2.47. The van der Waals surface area contributed by atoms with Gasteiger partial charge in [0.25, 0.3) is 5.91 Å². The van der Waals surface area contributed by atoms with E-state index >= 15 is 0 Å². The van der Waals surface area contributed by atoms with Crippen molar-refractivity contribution in [3.63, 3.8) is 0 Å².